The molecule has 0 fully saturated rings. The van der Waals surface area contributed by atoms with Crippen molar-refractivity contribution in [1.29, 1.82) is 0 Å². The van der Waals surface area contributed by atoms with Crippen molar-refractivity contribution in [2.45, 2.75) is 32.9 Å². The molecule has 0 radical (unpaired) electrons. The molecule has 4 aromatic rings. The van der Waals surface area contributed by atoms with Crippen molar-refractivity contribution in [2.75, 3.05) is 6.54 Å². The maximum Gasteiger partial charge on any atom is 0.254 e. The molecule has 0 saturated heterocycles. The van der Waals surface area contributed by atoms with Crippen LogP contribution in [-0.4, -0.2) is 37.1 Å². The number of carbonyl (C=O) groups is 1. The van der Waals surface area contributed by atoms with Gasteiger partial charge in [-0.2, -0.15) is 0 Å². The van der Waals surface area contributed by atoms with E-state index in [4.69, 9.17) is 0 Å². The Labute approximate surface area is 182 Å². The third-order valence-corrected chi connectivity index (χ3v) is 7.38. The summed E-state index contributed by atoms with van der Waals surface area (Å²) in [4.78, 5) is 20.9. The van der Waals surface area contributed by atoms with Gasteiger partial charge in [-0.3, -0.25) is 4.79 Å². The maximum atomic E-state index is 13.2. The van der Waals surface area contributed by atoms with Gasteiger partial charge in [0.1, 0.15) is 5.69 Å². The fourth-order valence-electron chi connectivity index (χ4n) is 3.81. The van der Waals surface area contributed by atoms with Crippen molar-refractivity contribution in [3.05, 3.63) is 63.6 Å². The predicted octanol–water partition coefficient (Wildman–Crippen LogP) is 4.91. The summed E-state index contributed by atoms with van der Waals surface area (Å²) in [5.74, 6) is 1.63. The number of amides is 1. The van der Waals surface area contributed by atoms with Gasteiger partial charge in [-0.05, 0) is 42.5 Å². The number of carbonyl (C=O) groups excluding carboxylic acids is 1. The van der Waals surface area contributed by atoms with Crippen molar-refractivity contribution < 1.29 is 4.79 Å². The summed E-state index contributed by atoms with van der Waals surface area (Å²) >= 11 is 3.34. The second-order valence-electron chi connectivity index (χ2n) is 7.24. The fourth-order valence-corrected chi connectivity index (χ4v) is 5.27. The molecular formula is C22H21N5OS2. The van der Waals surface area contributed by atoms with Crippen LogP contribution in [0.4, 0.5) is 0 Å². The molecule has 5 rings (SSSR count). The first-order valence-corrected chi connectivity index (χ1v) is 11.7. The van der Waals surface area contributed by atoms with Crippen LogP contribution in [0.25, 0.3) is 22.0 Å². The quantitative estimate of drug-likeness (QED) is 0.457. The Bertz CT molecular complexity index is 1180. The van der Waals surface area contributed by atoms with Crippen LogP contribution in [0.3, 0.4) is 0 Å². The summed E-state index contributed by atoms with van der Waals surface area (Å²) in [6.07, 6.45) is 0.912. The van der Waals surface area contributed by atoms with Crippen molar-refractivity contribution in [2.24, 2.45) is 0 Å². The number of aryl methyl sites for hydroxylation is 1. The number of rotatable bonds is 4. The monoisotopic (exact) mass is 435 g/mol. The van der Waals surface area contributed by atoms with Gasteiger partial charge >= 0.3 is 0 Å². The molecule has 3 aromatic heterocycles. The van der Waals surface area contributed by atoms with Crippen LogP contribution >= 0.6 is 22.7 Å². The van der Waals surface area contributed by atoms with Gasteiger partial charge in [0.25, 0.3) is 5.91 Å². The second kappa shape index (κ2) is 7.77. The number of aromatic nitrogens is 4. The van der Waals surface area contributed by atoms with E-state index in [1.807, 2.05) is 47.5 Å². The van der Waals surface area contributed by atoms with Crippen molar-refractivity contribution in [1.82, 2.24) is 24.6 Å². The lowest BCUT2D eigenvalue weighted by Crippen LogP contribution is -2.41. The van der Waals surface area contributed by atoms with Gasteiger partial charge in [-0.15, -0.1) is 32.9 Å². The van der Waals surface area contributed by atoms with E-state index in [0.29, 0.717) is 18.7 Å². The Hall–Kier alpha value is -2.84. The molecular weight excluding hydrogens is 414 g/mol. The van der Waals surface area contributed by atoms with Crippen LogP contribution in [-0.2, 0) is 13.0 Å². The highest BCUT2D eigenvalue weighted by molar-refractivity contribution is 7.13. The van der Waals surface area contributed by atoms with Gasteiger partial charge in [-0.1, -0.05) is 25.1 Å². The minimum atomic E-state index is -0.145. The first-order valence-electron chi connectivity index (χ1n) is 9.98. The Morgan fingerprint density at radius 1 is 1.13 bits per heavy atom. The van der Waals surface area contributed by atoms with Crippen molar-refractivity contribution >= 4 is 28.6 Å². The van der Waals surface area contributed by atoms with E-state index in [1.54, 1.807) is 22.7 Å². The summed E-state index contributed by atoms with van der Waals surface area (Å²) in [5.41, 5.74) is 2.70. The van der Waals surface area contributed by atoms with Crippen molar-refractivity contribution in [3.8, 4) is 22.0 Å². The largest absolute Gasteiger partial charge is 0.327 e. The fraction of sp³-hybridized carbons (Fsp3) is 0.273. The Morgan fingerprint density at radius 3 is 2.67 bits per heavy atom. The predicted molar refractivity (Wildman–Crippen MR) is 120 cm³/mol. The van der Waals surface area contributed by atoms with E-state index >= 15 is 0 Å². The average Bonchev–Trinajstić information content (AvgIpc) is 3.54. The molecule has 0 spiro atoms. The highest BCUT2D eigenvalue weighted by Crippen LogP contribution is 2.31. The van der Waals surface area contributed by atoms with Crippen LogP contribution < -0.4 is 0 Å². The highest BCUT2D eigenvalue weighted by Gasteiger charge is 2.32. The smallest absolute Gasteiger partial charge is 0.254 e. The normalized spacial score (nSPS) is 15.9. The van der Waals surface area contributed by atoms with E-state index in [-0.39, 0.29) is 11.9 Å². The number of thiazole rings is 1. The first-order chi connectivity index (χ1) is 14.7. The van der Waals surface area contributed by atoms with Crippen LogP contribution in [0.15, 0.2) is 47.2 Å². The summed E-state index contributed by atoms with van der Waals surface area (Å²) in [5, 5.41) is 14.0. The number of benzene rings is 1. The molecule has 1 atom stereocenters. The standard InChI is InChI=1S/C22H21N5OS2/c1-3-19-23-17(13-30-19)21-25-24-20-14(2)26(10-11-27(20)21)22(28)16-8-6-15(7-9-16)18-5-4-12-29-18/h4-9,12-14H,3,10-11H2,1-2H3. The molecule has 8 heteroatoms. The van der Waals surface area contributed by atoms with Gasteiger partial charge in [0.2, 0.25) is 0 Å². The number of nitrogens with zero attached hydrogens (tertiary/aromatic N) is 5. The third-order valence-electron chi connectivity index (χ3n) is 5.47. The molecule has 30 heavy (non-hydrogen) atoms. The number of thiophene rings is 1. The summed E-state index contributed by atoms with van der Waals surface area (Å²) in [7, 11) is 0. The lowest BCUT2D eigenvalue weighted by molar-refractivity contribution is 0.0638. The van der Waals surface area contributed by atoms with Gasteiger partial charge in [0.15, 0.2) is 11.6 Å². The van der Waals surface area contributed by atoms with Gasteiger partial charge in [-0.25, -0.2) is 4.98 Å². The van der Waals surface area contributed by atoms with Gasteiger partial charge in [0, 0.05) is 28.9 Å². The Morgan fingerprint density at radius 2 is 1.97 bits per heavy atom. The lowest BCUT2D eigenvalue weighted by Gasteiger charge is -2.33. The van der Waals surface area contributed by atoms with Crippen molar-refractivity contribution in [3.63, 3.8) is 0 Å². The van der Waals surface area contributed by atoms with E-state index < -0.39 is 0 Å². The SMILES string of the molecule is CCc1nc(-c2nnc3n2CCN(C(=O)c2ccc(-c4cccs4)cc2)C3C)cs1. The maximum absolute atomic E-state index is 13.2. The van der Waals surface area contributed by atoms with Crippen LogP contribution in [0, 0.1) is 0 Å². The Balaban J connectivity index is 1.38. The van der Waals surface area contributed by atoms with Gasteiger partial charge < -0.3 is 9.47 Å². The summed E-state index contributed by atoms with van der Waals surface area (Å²) in [6.45, 7) is 5.40. The molecule has 0 aliphatic carbocycles. The summed E-state index contributed by atoms with van der Waals surface area (Å²) in [6, 6.07) is 11.8. The lowest BCUT2D eigenvalue weighted by atomic mass is 10.1. The second-order valence-corrected chi connectivity index (χ2v) is 9.13. The molecule has 4 heterocycles. The molecule has 0 bridgehead atoms. The molecule has 0 saturated carbocycles. The van der Waals surface area contributed by atoms with E-state index in [1.165, 1.54) is 4.88 Å². The topological polar surface area (TPSA) is 63.9 Å². The van der Waals surface area contributed by atoms with Crippen LogP contribution in [0.1, 0.15) is 41.1 Å². The molecule has 1 unspecified atom stereocenters. The van der Waals surface area contributed by atoms with E-state index in [2.05, 4.69) is 38.1 Å². The van der Waals surface area contributed by atoms with Crippen LogP contribution in [0.5, 0.6) is 0 Å². The third kappa shape index (κ3) is 3.26. The molecule has 0 N–H and O–H groups in total. The molecule has 1 aromatic carbocycles. The van der Waals surface area contributed by atoms with E-state index in [0.717, 1.165) is 34.3 Å². The molecule has 1 aliphatic heterocycles. The Kier molecular flexibility index (Phi) is 4.96. The zero-order chi connectivity index (χ0) is 20.7. The minimum Gasteiger partial charge on any atom is -0.327 e. The minimum absolute atomic E-state index is 0.0259. The summed E-state index contributed by atoms with van der Waals surface area (Å²) < 4.78 is 2.10. The van der Waals surface area contributed by atoms with Crippen LogP contribution in [0.2, 0.25) is 0 Å². The average molecular weight is 436 g/mol. The van der Waals surface area contributed by atoms with E-state index in [9.17, 15) is 4.79 Å². The number of hydrogen-bond acceptors (Lipinski definition) is 6. The molecule has 152 valence electrons. The first kappa shape index (κ1) is 19.1. The number of fused-ring (bicyclic) bond motifs is 1. The molecule has 1 aliphatic rings. The van der Waals surface area contributed by atoms with Gasteiger partial charge in [0.05, 0.1) is 11.0 Å². The highest BCUT2D eigenvalue weighted by atomic mass is 32.1. The zero-order valence-electron chi connectivity index (χ0n) is 16.8. The molecule has 1 amide bonds. The number of hydrogen-bond donors (Lipinski definition) is 0. The zero-order valence-corrected chi connectivity index (χ0v) is 18.4. The molecule has 6 nitrogen and oxygen atoms in total.